The van der Waals surface area contributed by atoms with Crippen LogP contribution in [0, 0.1) is 17.8 Å². The van der Waals surface area contributed by atoms with Crippen LogP contribution in [0.1, 0.15) is 118 Å². The number of alkyl carbamates (subject to hydrolysis) is 2. The van der Waals surface area contributed by atoms with Crippen LogP contribution < -0.4 is 10.6 Å². The van der Waals surface area contributed by atoms with Crippen molar-refractivity contribution in [2.75, 3.05) is 35.0 Å². The highest BCUT2D eigenvalue weighted by Gasteiger charge is 2.51. The van der Waals surface area contributed by atoms with Crippen molar-refractivity contribution in [1.82, 2.24) is 40.4 Å². The van der Waals surface area contributed by atoms with E-state index in [4.69, 9.17) is 28.9 Å². The number of ether oxygens (including phenoxy) is 4. The number of aryl methyl sites for hydroxylation is 4. The van der Waals surface area contributed by atoms with Crippen LogP contribution in [-0.2, 0) is 54.2 Å². The molecule has 2 aliphatic heterocycles. The molecule has 10 atom stereocenters. The molecular weight excluding hydrogens is 961 g/mol. The van der Waals surface area contributed by atoms with Gasteiger partial charge in [0.2, 0.25) is 11.8 Å². The number of nitrogens with zero attached hydrogens (tertiary/aromatic N) is 4. The molecule has 6 aliphatic carbocycles. The van der Waals surface area contributed by atoms with Gasteiger partial charge in [0.15, 0.2) is 0 Å². The van der Waals surface area contributed by atoms with E-state index in [-0.39, 0.29) is 42.6 Å². The number of carbonyl (C=O) groups is 4. The van der Waals surface area contributed by atoms with Gasteiger partial charge in [-0.15, -0.1) is 0 Å². The highest BCUT2D eigenvalue weighted by atomic mass is 16.5. The number of benzene rings is 4. The molecule has 4 amide bonds. The van der Waals surface area contributed by atoms with Crippen molar-refractivity contribution in [3.63, 3.8) is 0 Å². The van der Waals surface area contributed by atoms with E-state index in [0.29, 0.717) is 17.8 Å². The first-order chi connectivity index (χ1) is 36.9. The maximum atomic E-state index is 14.6. The number of imidazole rings is 2. The second kappa shape index (κ2) is 21.7. The molecule has 0 spiro atoms. The van der Waals surface area contributed by atoms with Crippen LogP contribution >= 0.6 is 0 Å². The Morgan fingerprint density at radius 2 is 1.21 bits per heavy atom. The van der Waals surface area contributed by atoms with Gasteiger partial charge in [-0.25, -0.2) is 19.6 Å². The summed E-state index contributed by atoms with van der Waals surface area (Å²) >= 11 is 0. The second-order valence-corrected chi connectivity index (χ2v) is 22.2. The number of hydrogen-bond acceptors (Lipinski definition) is 10. The monoisotopic (exact) mass is 1030 g/mol. The fourth-order valence-corrected chi connectivity index (χ4v) is 13.8. The number of fused-ring (bicyclic) bond motifs is 4. The van der Waals surface area contributed by atoms with Crippen LogP contribution in [0.25, 0.3) is 44.3 Å². The molecule has 2 saturated heterocycles. The quantitative estimate of drug-likeness (QED) is 0.0917. The summed E-state index contributed by atoms with van der Waals surface area (Å²) in [5, 5.41) is 5.49. The Bertz CT molecular complexity index is 3150. The molecule has 4 bridgehead atoms. The smallest absolute Gasteiger partial charge is 0.407 e. The molecule has 14 rings (SSSR count). The highest BCUT2D eigenvalue weighted by molar-refractivity contribution is 5.89. The van der Waals surface area contributed by atoms with Gasteiger partial charge in [0.05, 0.1) is 61.1 Å². The zero-order chi connectivity index (χ0) is 52.8. The lowest BCUT2D eigenvalue weighted by Gasteiger charge is -2.39. The van der Waals surface area contributed by atoms with Gasteiger partial charge in [-0.2, -0.15) is 0 Å². The Balaban J connectivity index is 0.850. The van der Waals surface area contributed by atoms with Crippen molar-refractivity contribution in [2.24, 2.45) is 17.8 Å². The van der Waals surface area contributed by atoms with E-state index in [0.717, 1.165) is 128 Å². The largest absolute Gasteiger partial charge is 0.453 e. The van der Waals surface area contributed by atoms with Crippen molar-refractivity contribution in [2.45, 2.75) is 140 Å². The van der Waals surface area contributed by atoms with Gasteiger partial charge >= 0.3 is 12.2 Å². The van der Waals surface area contributed by atoms with Gasteiger partial charge in [-0.3, -0.25) is 9.59 Å². The molecule has 4 N–H and O–H groups in total. The van der Waals surface area contributed by atoms with Gasteiger partial charge in [0, 0.05) is 26.3 Å². The third kappa shape index (κ3) is 9.82. The number of rotatable bonds is 12. The Kier molecular flexibility index (Phi) is 14.6. The average molecular weight is 1030 g/mol. The van der Waals surface area contributed by atoms with Crippen molar-refractivity contribution < 1.29 is 38.1 Å². The number of nitrogens with one attached hydrogen (secondary N) is 4. The van der Waals surface area contributed by atoms with Crippen LogP contribution in [0.3, 0.4) is 0 Å². The summed E-state index contributed by atoms with van der Waals surface area (Å²) in [6, 6.07) is 24.6. The van der Waals surface area contributed by atoms with Crippen molar-refractivity contribution in [3.05, 3.63) is 107 Å². The standard InChI is InChI=1S/C60H72N8O8/c1-33-10-9-12-42-31-52(68(54(33)42)57(69)49(32-73-3)65-59(71)75-5)56-62-46-25-23-40(29-48(46)64-56)44-27-36-15-19-37-18-14-35(16-20-38(44)21-17-36)26-43(37)39-22-24-45-47(28-39)63-55(61-45)51-30-41-11-7-8-13-50(41)67(51)58(70)53(34(2)74-4)66-60(72)76-6/h14,17-18,21-29,33-34,41-42,49-54H,7-13,15-16,19-20,30-32H2,1-6H3,(H,61,63)(H,62,64)(H,65,71)(H,66,72)/t33-,34-,41+,42+,49+,50+,51+,52+,53+,54+/m1/s1. The first-order valence-corrected chi connectivity index (χ1v) is 27.5. The fourth-order valence-electron chi connectivity index (χ4n) is 13.8. The maximum absolute atomic E-state index is 14.6. The number of likely N-dealkylation sites (tertiary alicyclic amines) is 2. The number of hydrogen-bond donors (Lipinski definition) is 4. The molecule has 16 nitrogen and oxygen atoms in total. The lowest BCUT2D eigenvalue weighted by molar-refractivity contribution is -0.141. The summed E-state index contributed by atoms with van der Waals surface area (Å²) < 4.78 is 20.9. The van der Waals surface area contributed by atoms with Gasteiger partial charge in [0.25, 0.3) is 0 Å². The summed E-state index contributed by atoms with van der Waals surface area (Å²) in [6.45, 7) is 4.07. The number of amides is 4. The molecule has 4 aromatic carbocycles. The second-order valence-electron chi connectivity index (χ2n) is 22.2. The number of methoxy groups -OCH3 is 4. The fraction of sp³-hybridized carbons (Fsp3) is 0.500. The Labute approximate surface area is 444 Å². The molecule has 16 heteroatoms. The van der Waals surface area contributed by atoms with Gasteiger partial charge < -0.3 is 49.3 Å². The molecule has 0 unspecified atom stereocenters. The zero-order valence-corrected chi connectivity index (χ0v) is 44.7. The van der Waals surface area contributed by atoms with E-state index in [2.05, 4.69) is 100 Å². The Hall–Kier alpha value is -6.78. The molecular formula is C60H72N8O8. The van der Waals surface area contributed by atoms with Crippen LogP contribution in [0.4, 0.5) is 9.59 Å². The van der Waals surface area contributed by atoms with E-state index in [1.807, 2.05) is 9.80 Å². The Morgan fingerprint density at radius 1 is 0.645 bits per heavy atom. The summed E-state index contributed by atoms with van der Waals surface area (Å²) in [5.41, 5.74) is 13.2. The third-order valence-electron chi connectivity index (χ3n) is 17.7. The minimum absolute atomic E-state index is 0.0357. The summed E-state index contributed by atoms with van der Waals surface area (Å²) in [5.74, 6) is 2.17. The van der Waals surface area contributed by atoms with Gasteiger partial charge in [-0.05, 0) is 158 Å². The van der Waals surface area contributed by atoms with Gasteiger partial charge in [0.1, 0.15) is 23.7 Å². The summed E-state index contributed by atoms with van der Waals surface area (Å²) in [4.78, 5) is 75.7. The molecule has 2 aromatic heterocycles. The average Bonchev–Trinajstić information content (AvgIpc) is 4.26. The van der Waals surface area contributed by atoms with E-state index in [1.165, 1.54) is 54.7 Å². The molecule has 2 saturated carbocycles. The van der Waals surface area contributed by atoms with E-state index < -0.39 is 30.4 Å². The first kappa shape index (κ1) is 51.3. The highest BCUT2D eigenvalue weighted by Crippen LogP contribution is 2.49. The molecule has 4 fully saturated rings. The molecule has 0 radical (unpaired) electrons. The SMILES string of the molecule is COC[C@H](NC(=O)OC)C(=O)N1[C@@H]2[C@@H](CCC[C@H]2C)C[C@H]1c1nc2cc(-c3cc4ccc3CCc3ccc(c(-c5ccc6[nH]c([C@@H]7C[C@@H]8CCCC[C@@H]8N7C(=O)[C@@H](NC(=O)OC)[C@@H](C)OC)nc6c5)c3)CC4)ccc2[nH]1. The minimum atomic E-state index is -0.906. The third-order valence-corrected chi connectivity index (χ3v) is 17.7. The number of aromatic nitrogens is 4. The normalized spacial score (nSPS) is 24.3. The lowest BCUT2D eigenvalue weighted by Crippen LogP contribution is -2.56. The van der Waals surface area contributed by atoms with E-state index >= 15 is 0 Å². The lowest BCUT2D eigenvalue weighted by atomic mass is 9.78. The van der Waals surface area contributed by atoms with Crippen molar-refractivity contribution in [3.8, 4) is 22.3 Å². The maximum Gasteiger partial charge on any atom is 0.407 e. The van der Waals surface area contributed by atoms with Crippen molar-refractivity contribution >= 4 is 46.1 Å². The molecule has 400 valence electrons. The van der Waals surface area contributed by atoms with Crippen molar-refractivity contribution in [1.29, 1.82) is 0 Å². The topological polar surface area (TPSA) is 193 Å². The van der Waals surface area contributed by atoms with Gasteiger partial charge in [-0.1, -0.05) is 74.7 Å². The number of carbonyl (C=O) groups excluding carboxylic acids is 4. The van der Waals surface area contributed by atoms with E-state index in [9.17, 15) is 19.2 Å². The Morgan fingerprint density at radius 3 is 1.80 bits per heavy atom. The first-order valence-electron chi connectivity index (χ1n) is 27.5. The predicted molar refractivity (Wildman–Crippen MR) is 289 cm³/mol. The van der Waals surface area contributed by atoms with Crippen LogP contribution in [0.2, 0.25) is 0 Å². The van der Waals surface area contributed by atoms with Crippen LogP contribution in [-0.4, -0.2) is 119 Å². The number of aromatic amines is 2. The molecule has 76 heavy (non-hydrogen) atoms. The minimum Gasteiger partial charge on any atom is -0.453 e. The zero-order valence-electron chi connectivity index (χ0n) is 44.7. The predicted octanol–water partition coefficient (Wildman–Crippen LogP) is 9.70. The molecule has 4 heterocycles. The molecule has 6 aromatic rings. The number of H-pyrrole nitrogens is 2. The molecule has 8 aliphatic rings. The van der Waals surface area contributed by atoms with E-state index in [1.54, 1.807) is 14.0 Å². The summed E-state index contributed by atoms with van der Waals surface area (Å²) in [7, 11) is 5.68. The van der Waals surface area contributed by atoms with Crippen LogP contribution in [0.5, 0.6) is 0 Å². The summed E-state index contributed by atoms with van der Waals surface area (Å²) in [6.07, 6.45) is 10.5. The van der Waals surface area contributed by atoms with Crippen LogP contribution in [0.15, 0.2) is 72.8 Å².